The lowest BCUT2D eigenvalue weighted by Crippen LogP contribution is -2.46. The van der Waals surface area contributed by atoms with Crippen molar-refractivity contribution in [3.05, 3.63) is 63.9 Å². The number of benzene rings is 2. The van der Waals surface area contributed by atoms with E-state index in [9.17, 15) is 9.59 Å². The summed E-state index contributed by atoms with van der Waals surface area (Å²) in [5, 5.41) is 4.38. The highest BCUT2D eigenvalue weighted by Crippen LogP contribution is 2.37. The van der Waals surface area contributed by atoms with Crippen molar-refractivity contribution in [2.24, 2.45) is 5.92 Å². The Morgan fingerprint density at radius 2 is 1.97 bits per heavy atom. The first kappa shape index (κ1) is 23.3. The van der Waals surface area contributed by atoms with Crippen LogP contribution >= 0.6 is 11.6 Å². The van der Waals surface area contributed by atoms with Crippen LogP contribution in [0.2, 0.25) is 5.02 Å². The average molecular weight is 470 g/mol. The van der Waals surface area contributed by atoms with Crippen molar-refractivity contribution in [3.63, 3.8) is 0 Å². The molecule has 3 aromatic rings. The van der Waals surface area contributed by atoms with Crippen LogP contribution in [0.5, 0.6) is 0 Å². The van der Waals surface area contributed by atoms with Crippen molar-refractivity contribution in [2.45, 2.75) is 19.1 Å². The van der Waals surface area contributed by atoms with Gasteiger partial charge in [0.15, 0.2) is 6.29 Å². The Kier molecular flexibility index (Phi) is 7.33. The van der Waals surface area contributed by atoms with Gasteiger partial charge in [0.05, 0.1) is 12.5 Å². The van der Waals surface area contributed by atoms with Crippen LogP contribution in [0.15, 0.2) is 53.3 Å². The number of anilines is 1. The first-order valence-electron chi connectivity index (χ1n) is 11.0. The standard InChI is InChI=1S/C25H28ClN3O4/c1-32-21(33-2)14-27-24(30)17-9-6-12-29(15-17)23-22(16-7-4-3-5-8-16)19-13-18(26)10-11-20(19)28-25(23)31/h3-5,7-8,10-11,13,17,21H,6,9,12,14-15H2,1-2H3,(H,27,30)(H,28,31)/t17-/m0/s1. The summed E-state index contributed by atoms with van der Waals surface area (Å²) < 4.78 is 10.3. The number of aromatic nitrogens is 1. The fourth-order valence-corrected chi connectivity index (χ4v) is 4.61. The number of H-pyrrole nitrogens is 1. The highest BCUT2D eigenvalue weighted by molar-refractivity contribution is 6.31. The number of pyridine rings is 1. The Labute approximate surface area is 197 Å². The molecule has 0 radical (unpaired) electrons. The van der Waals surface area contributed by atoms with E-state index in [1.807, 2.05) is 47.4 Å². The van der Waals surface area contributed by atoms with Crippen LogP contribution in [0.4, 0.5) is 5.69 Å². The lowest BCUT2D eigenvalue weighted by Gasteiger charge is -2.34. The third-order valence-electron chi connectivity index (χ3n) is 6.09. The molecule has 8 heteroatoms. The summed E-state index contributed by atoms with van der Waals surface area (Å²) in [5.74, 6) is -0.313. The van der Waals surface area contributed by atoms with Gasteiger partial charge in [-0.3, -0.25) is 9.59 Å². The summed E-state index contributed by atoms with van der Waals surface area (Å²) in [7, 11) is 3.07. The van der Waals surface area contributed by atoms with Crippen molar-refractivity contribution in [1.29, 1.82) is 0 Å². The molecule has 0 aliphatic carbocycles. The molecule has 2 aromatic carbocycles. The van der Waals surface area contributed by atoms with Crippen LogP contribution in [0.1, 0.15) is 12.8 Å². The number of piperidine rings is 1. The van der Waals surface area contributed by atoms with E-state index >= 15 is 0 Å². The minimum atomic E-state index is -0.494. The number of aromatic amines is 1. The van der Waals surface area contributed by atoms with Crippen LogP contribution in [-0.4, -0.2) is 51.0 Å². The predicted octanol–water partition coefficient (Wildman–Crippen LogP) is 3.80. The zero-order valence-electron chi connectivity index (χ0n) is 18.8. The van der Waals surface area contributed by atoms with Crippen molar-refractivity contribution in [2.75, 3.05) is 38.8 Å². The number of amides is 1. The van der Waals surface area contributed by atoms with E-state index in [0.717, 1.165) is 34.9 Å². The smallest absolute Gasteiger partial charge is 0.272 e. The van der Waals surface area contributed by atoms with Gasteiger partial charge in [-0.05, 0) is 36.6 Å². The monoisotopic (exact) mass is 469 g/mol. The molecule has 0 spiro atoms. The van der Waals surface area contributed by atoms with Gasteiger partial charge in [-0.15, -0.1) is 0 Å². The Hall–Kier alpha value is -2.87. The summed E-state index contributed by atoms with van der Waals surface area (Å²) in [5.41, 5.74) is 2.88. The van der Waals surface area contributed by atoms with E-state index < -0.39 is 6.29 Å². The second kappa shape index (κ2) is 10.4. The average Bonchev–Trinajstić information content (AvgIpc) is 2.84. The number of hydrogen-bond donors (Lipinski definition) is 2. The van der Waals surface area contributed by atoms with E-state index in [1.165, 1.54) is 14.2 Å². The maximum absolute atomic E-state index is 13.3. The van der Waals surface area contributed by atoms with E-state index in [1.54, 1.807) is 6.07 Å². The maximum atomic E-state index is 13.3. The molecule has 1 fully saturated rings. The molecule has 174 valence electrons. The summed E-state index contributed by atoms with van der Waals surface area (Å²) in [6, 6.07) is 15.3. The zero-order chi connectivity index (χ0) is 23.4. The lowest BCUT2D eigenvalue weighted by atomic mass is 9.94. The molecule has 1 aromatic heterocycles. The van der Waals surface area contributed by atoms with Gasteiger partial charge >= 0.3 is 0 Å². The molecule has 1 saturated heterocycles. The molecule has 0 bridgehead atoms. The topological polar surface area (TPSA) is 83.7 Å². The van der Waals surface area contributed by atoms with E-state index in [0.29, 0.717) is 23.8 Å². The first-order valence-corrected chi connectivity index (χ1v) is 11.4. The molecule has 1 amide bonds. The van der Waals surface area contributed by atoms with E-state index in [-0.39, 0.29) is 23.9 Å². The van der Waals surface area contributed by atoms with Crippen LogP contribution in [0.25, 0.3) is 22.0 Å². The largest absolute Gasteiger partial charge is 0.366 e. The number of halogens is 1. The SMILES string of the molecule is COC(CNC(=O)[C@H]1CCCN(c2c(-c3ccccc3)c3cc(Cl)ccc3[nH]c2=O)C1)OC. The Morgan fingerprint density at radius 1 is 1.21 bits per heavy atom. The van der Waals surface area contributed by atoms with Gasteiger partial charge in [0.25, 0.3) is 5.56 Å². The normalized spacial score (nSPS) is 16.4. The highest BCUT2D eigenvalue weighted by atomic mass is 35.5. The summed E-state index contributed by atoms with van der Waals surface area (Å²) in [6.45, 7) is 1.41. The summed E-state index contributed by atoms with van der Waals surface area (Å²) >= 11 is 6.33. The molecule has 33 heavy (non-hydrogen) atoms. The summed E-state index contributed by atoms with van der Waals surface area (Å²) in [6.07, 6.45) is 1.06. The maximum Gasteiger partial charge on any atom is 0.272 e. The number of hydrogen-bond acceptors (Lipinski definition) is 5. The zero-order valence-corrected chi connectivity index (χ0v) is 19.5. The molecule has 4 rings (SSSR count). The fourth-order valence-electron chi connectivity index (χ4n) is 4.44. The van der Waals surface area contributed by atoms with Crippen molar-refractivity contribution < 1.29 is 14.3 Å². The van der Waals surface area contributed by atoms with Crippen molar-refractivity contribution in [1.82, 2.24) is 10.3 Å². The third-order valence-corrected chi connectivity index (χ3v) is 6.33. The van der Waals surface area contributed by atoms with Crippen molar-refractivity contribution in [3.8, 4) is 11.1 Å². The number of ether oxygens (including phenoxy) is 2. The van der Waals surface area contributed by atoms with Gasteiger partial charge in [-0.2, -0.15) is 0 Å². The third kappa shape index (κ3) is 5.05. The minimum Gasteiger partial charge on any atom is -0.366 e. The van der Waals surface area contributed by atoms with Crippen molar-refractivity contribution >= 4 is 34.1 Å². The number of methoxy groups -OCH3 is 2. The summed E-state index contributed by atoms with van der Waals surface area (Å²) in [4.78, 5) is 31.2. The number of nitrogens with one attached hydrogen (secondary N) is 2. The molecule has 2 N–H and O–H groups in total. The van der Waals surface area contributed by atoms with E-state index in [2.05, 4.69) is 10.3 Å². The van der Waals surface area contributed by atoms with Gasteiger partial charge < -0.3 is 24.7 Å². The van der Waals surface area contributed by atoms with Gasteiger partial charge in [-0.25, -0.2) is 0 Å². The molecule has 7 nitrogen and oxygen atoms in total. The number of carbonyl (C=O) groups is 1. The molecule has 1 atom stereocenters. The molecule has 0 saturated carbocycles. The van der Waals surface area contributed by atoms with Crippen LogP contribution < -0.4 is 15.8 Å². The highest BCUT2D eigenvalue weighted by Gasteiger charge is 2.29. The van der Waals surface area contributed by atoms with Gasteiger partial charge in [0, 0.05) is 48.8 Å². The Morgan fingerprint density at radius 3 is 2.70 bits per heavy atom. The molecular formula is C25H28ClN3O4. The van der Waals surface area contributed by atoms with E-state index in [4.69, 9.17) is 21.1 Å². The fraction of sp³-hybridized carbons (Fsp3) is 0.360. The molecule has 1 aliphatic heterocycles. The quantitative estimate of drug-likeness (QED) is 0.514. The minimum absolute atomic E-state index is 0.0691. The Balaban J connectivity index is 1.71. The van der Waals surface area contributed by atoms with Gasteiger partial charge in [-0.1, -0.05) is 41.9 Å². The number of rotatable bonds is 7. The molecule has 1 aliphatic rings. The number of carbonyl (C=O) groups excluding carboxylic acids is 1. The predicted molar refractivity (Wildman–Crippen MR) is 131 cm³/mol. The van der Waals surface area contributed by atoms with Crippen LogP contribution in [0, 0.1) is 5.92 Å². The second-order valence-electron chi connectivity index (χ2n) is 8.16. The molecule has 2 heterocycles. The number of fused-ring (bicyclic) bond motifs is 1. The van der Waals surface area contributed by atoms with Crippen LogP contribution in [0.3, 0.4) is 0 Å². The lowest BCUT2D eigenvalue weighted by molar-refractivity contribution is -0.131. The van der Waals surface area contributed by atoms with Crippen LogP contribution in [-0.2, 0) is 14.3 Å². The molecular weight excluding hydrogens is 442 g/mol. The van der Waals surface area contributed by atoms with Gasteiger partial charge in [0.2, 0.25) is 5.91 Å². The second-order valence-corrected chi connectivity index (χ2v) is 8.60. The first-order chi connectivity index (χ1) is 16.0. The Bertz CT molecular complexity index is 1180. The number of nitrogens with zero attached hydrogens (tertiary/aromatic N) is 1. The molecule has 0 unspecified atom stereocenters. The van der Waals surface area contributed by atoms with Gasteiger partial charge in [0.1, 0.15) is 5.69 Å².